The summed E-state index contributed by atoms with van der Waals surface area (Å²) >= 11 is 0. The number of hydrogen-bond donors (Lipinski definition) is 0. The number of pyridine rings is 1. The Morgan fingerprint density at radius 3 is 2.80 bits per heavy atom. The van der Waals surface area contributed by atoms with Crippen molar-refractivity contribution in [2.24, 2.45) is 0 Å². The molecule has 0 unspecified atom stereocenters. The zero-order valence-electron chi connectivity index (χ0n) is 7.38. The van der Waals surface area contributed by atoms with E-state index in [-0.39, 0.29) is 11.1 Å². The molecule has 15 heavy (non-hydrogen) atoms. The molecule has 1 aromatic heterocycles. The summed E-state index contributed by atoms with van der Waals surface area (Å²) in [5.74, 6) is -0.260. The van der Waals surface area contributed by atoms with Gasteiger partial charge >= 0.3 is 6.36 Å². The number of ether oxygens (including phenoxy) is 1. The molecule has 5 heteroatoms. The molecule has 0 saturated carbocycles. The number of fused-ring (bicyclic) bond motifs is 1. The summed E-state index contributed by atoms with van der Waals surface area (Å²) in [4.78, 5) is 3.87. The molecule has 1 aromatic carbocycles. The number of hydrogen-bond acceptors (Lipinski definition) is 2. The highest BCUT2D eigenvalue weighted by Crippen LogP contribution is 2.28. The maximum Gasteiger partial charge on any atom is 0.573 e. The van der Waals surface area contributed by atoms with Crippen LogP contribution in [0.2, 0.25) is 0 Å². The highest BCUT2D eigenvalue weighted by Gasteiger charge is 2.31. The zero-order chi connectivity index (χ0) is 10.9. The molecule has 0 saturated heterocycles. The minimum Gasteiger partial charge on any atom is -0.405 e. The van der Waals surface area contributed by atoms with Gasteiger partial charge in [0.1, 0.15) is 5.75 Å². The van der Waals surface area contributed by atoms with Crippen LogP contribution in [0.25, 0.3) is 10.9 Å². The van der Waals surface area contributed by atoms with Crippen LogP contribution in [-0.4, -0.2) is 11.3 Å². The van der Waals surface area contributed by atoms with Gasteiger partial charge in [0.15, 0.2) is 0 Å². The number of benzene rings is 1. The fourth-order valence-corrected chi connectivity index (χ4v) is 1.22. The molecule has 0 fully saturated rings. The summed E-state index contributed by atoms with van der Waals surface area (Å²) in [6.45, 7) is 0. The summed E-state index contributed by atoms with van der Waals surface area (Å²) in [5.41, 5.74) is 0.347. The molecular weight excluding hydrogens is 207 g/mol. The van der Waals surface area contributed by atoms with Gasteiger partial charge in [-0.3, -0.25) is 4.98 Å². The maximum atomic E-state index is 12.0. The third-order valence-electron chi connectivity index (χ3n) is 1.75. The number of halogens is 3. The Labute approximate surface area is 83.3 Å². The minimum absolute atomic E-state index is 0.260. The minimum atomic E-state index is -4.69. The Morgan fingerprint density at radius 1 is 1.27 bits per heavy atom. The molecule has 0 atom stereocenters. The van der Waals surface area contributed by atoms with E-state index in [4.69, 9.17) is 0 Å². The molecule has 0 aliphatic carbocycles. The normalized spacial score (nSPS) is 11.7. The average Bonchev–Trinajstić information content (AvgIpc) is 2.16. The molecule has 2 nitrogen and oxygen atoms in total. The van der Waals surface area contributed by atoms with Gasteiger partial charge in [0.2, 0.25) is 0 Å². The second kappa shape index (κ2) is 3.42. The fraction of sp³-hybridized carbons (Fsp3) is 0.100. The van der Waals surface area contributed by atoms with Gasteiger partial charge in [-0.2, -0.15) is 0 Å². The van der Waals surface area contributed by atoms with E-state index < -0.39 is 6.36 Å². The van der Waals surface area contributed by atoms with Crippen molar-refractivity contribution < 1.29 is 17.9 Å². The van der Waals surface area contributed by atoms with Crippen LogP contribution in [0.3, 0.4) is 0 Å². The zero-order valence-corrected chi connectivity index (χ0v) is 7.38. The van der Waals surface area contributed by atoms with E-state index in [1.165, 1.54) is 24.4 Å². The summed E-state index contributed by atoms with van der Waals surface area (Å²) in [7, 11) is 0. The Hall–Kier alpha value is -1.78. The number of rotatable bonds is 1. The van der Waals surface area contributed by atoms with Crippen molar-refractivity contribution in [3.8, 4) is 5.75 Å². The third kappa shape index (κ3) is 2.18. The molecule has 1 heterocycles. The lowest BCUT2D eigenvalue weighted by atomic mass is 10.2. The second-order valence-corrected chi connectivity index (χ2v) is 2.79. The molecule has 0 amide bonds. The van der Waals surface area contributed by atoms with Crippen molar-refractivity contribution in [1.29, 1.82) is 0 Å². The molecule has 77 valence electrons. The molecular formula is C10H5F3NO. The quantitative estimate of drug-likeness (QED) is 0.725. The lowest BCUT2D eigenvalue weighted by Crippen LogP contribution is -2.17. The van der Waals surface area contributed by atoms with Crippen molar-refractivity contribution >= 4 is 10.9 Å². The van der Waals surface area contributed by atoms with Gasteiger partial charge in [-0.05, 0) is 24.3 Å². The number of aromatic nitrogens is 1. The first kappa shape index (κ1) is 9.76. The number of nitrogens with zero attached hydrogens (tertiary/aromatic N) is 1. The van der Waals surface area contributed by atoms with Gasteiger partial charge in [0.25, 0.3) is 0 Å². The standard InChI is InChI=1S/C10H5F3NO/c11-10(12,13)15-9-5-1-4-8-7(9)3-2-6-14-8/h1-3,5-6H. The van der Waals surface area contributed by atoms with Crippen LogP contribution in [0, 0.1) is 6.07 Å². The van der Waals surface area contributed by atoms with Crippen molar-refractivity contribution in [3.05, 3.63) is 36.5 Å². The summed E-state index contributed by atoms with van der Waals surface area (Å²) in [6, 6.07) is 8.31. The van der Waals surface area contributed by atoms with E-state index in [0.29, 0.717) is 5.52 Å². The summed E-state index contributed by atoms with van der Waals surface area (Å²) in [5, 5.41) is 0.289. The average molecular weight is 212 g/mol. The van der Waals surface area contributed by atoms with Gasteiger partial charge in [-0.15, -0.1) is 13.2 Å². The highest BCUT2D eigenvalue weighted by molar-refractivity contribution is 5.84. The van der Waals surface area contributed by atoms with Gasteiger partial charge in [-0.1, -0.05) is 0 Å². The van der Waals surface area contributed by atoms with E-state index >= 15 is 0 Å². The van der Waals surface area contributed by atoms with Crippen LogP contribution >= 0.6 is 0 Å². The topological polar surface area (TPSA) is 22.1 Å². The smallest absolute Gasteiger partial charge is 0.405 e. The van der Waals surface area contributed by atoms with E-state index in [1.54, 1.807) is 6.07 Å². The largest absolute Gasteiger partial charge is 0.573 e. The Balaban J connectivity index is 2.52. The first-order valence-electron chi connectivity index (χ1n) is 4.07. The van der Waals surface area contributed by atoms with Crippen LogP contribution in [-0.2, 0) is 0 Å². The van der Waals surface area contributed by atoms with E-state index in [2.05, 4.69) is 15.8 Å². The monoisotopic (exact) mass is 212 g/mol. The first-order chi connectivity index (χ1) is 7.06. The SMILES string of the molecule is FC(F)(F)Oc1cc[c]c2ncccc12. The van der Waals surface area contributed by atoms with E-state index in [9.17, 15) is 13.2 Å². The van der Waals surface area contributed by atoms with Crippen LogP contribution < -0.4 is 4.74 Å². The highest BCUT2D eigenvalue weighted by atomic mass is 19.4. The summed E-state index contributed by atoms with van der Waals surface area (Å²) < 4.78 is 39.9. The predicted octanol–water partition coefficient (Wildman–Crippen LogP) is 2.93. The lowest BCUT2D eigenvalue weighted by Gasteiger charge is -2.10. The lowest BCUT2D eigenvalue weighted by molar-refractivity contribution is -0.274. The molecule has 0 aliphatic heterocycles. The number of alkyl halides is 3. The molecule has 2 aromatic rings. The predicted molar refractivity (Wildman–Crippen MR) is 47.3 cm³/mol. The van der Waals surface area contributed by atoms with Gasteiger partial charge in [0, 0.05) is 17.6 Å². The van der Waals surface area contributed by atoms with Gasteiger partial charge < -0.3 is 4.74 Å². The van der Waals surface area contributed by atoms with Crippen LogP contribution in [0.1, 0.15) is 0 Å². The van der Waals surface area contributed by atoms with Crippen LogP contribution in [0.4, 0.5) is 13.2 Å². The summed E-state index contributed by atoms with van der Waals surface area (Å²) in [6.07, 6.45) is -3.21. The first-order valence-corrected chi connectivity index (χ1v) is 4.07. The van der Waals surface area contributed by atoms with Gasteiger partial charge in [0.05, 0.1) is 5.52 Å². The van der Waals surface area contributed by atoms with Crippen molar-refractivity contribution in [2.45, 2.75) is 6.36 Å². The molecule has 0 aliphatic rings. The van der Waals surface area contributed by atoms with E-state index in [0.717, 1.165) is 0 Å². The molecule has 2 rings (SSSR count). The maximum absolute atomic E-state index is 12.0. The van der Waals surface area contributed by atoms with Crippen molar-refractivity contribution in [1.82, 2.24) is 4.98 Å². The van der Waals surface area contributed by atoms with Crippen molar-refractivity contribution in [2.75, 3.05) is 0 Å². The molecule has 0 N–H and O–H groups in total. The Morgan fingerprint density at radius 2 is 2.07 bits per heavy atom. The fourth-order valence-electron chi connectivity index (χ4n) is 1.22. The molecule has 0 bridgehead atoms. The van der Waals surface area contributed by atoms with Crippen LogP contribution in [0.5, 0.6) is 5.75 Å². The Kier molecular flexibility index (Phi) is 2.22. The van der Waals surface area contributed by atoms with E-state index in [1.807, 2.05) is 0 Å². The molecule has 1 radical (unpaired) electrons. The Bertz CT molecular complexity index is 476. The third-order valence-corrected chi connectivity index (χ3v) is 1.75. The van der Waals surface area contributed by atoms with Crippen LogP contribution in [0.15, 0.2) is 30.5 Å². The van der Waals surface area contributed by atoms with Gasteiger partial charge in [-0.25, -0.2) is 0 Å². The second-order valence-electron chi connectivity index (χ2n) is 2.79. The molecule has 0 spiro atoms. The van der Waals surface area contributed by atoms with Crippen molar-refractivity contribution in [3.63, 3.8) is 0 Å².